The Morgan fingerprint density at radius 2 is 1.48 bits per heavy atom. The maximum Gasteiger partial charge on any atom is 0.251 e. The van der Waals surface area contributed by atoms with Crippen molar-refractivity contribution in [3.05, 3.63) is 54.3 Å². The molecule has 7 nitrogen and oxygen atoms in total. The molecule has 0 bridgehead atoms. The predicted octanol–water partition coefficient (Wildman–Crippen LogP) is 2.07. The molecule has 0 unspecified atom stereocenters. The summed E-state index contributed by atoms with van der Waals surface area (Å²) < 4.78 is 37.1. The SMILES string of the molecule is CCS(=O)(=O)c1ccc(N2CCN([C@@H]3CC(=O)N(c4ccc(F)cc4)C3=O)CC2)cc1. The molecule has 31 heavy (non-hydrogen) atoms. The number of hydrogen-bond donors (Lipinski definition) is 0. The predicted molar refractivity (Wildman–Crippen MR) is 115 cm³/mol. The van der Waals surface area contributed by atoms with E-state index in [9.17, 15) is 22.4 Å². The van der Waals surface area contributed by atoms with E-state index in [1.165, 1.54) is 24.3 Å². The Labute approximate surface area is 181 Å². The summed E-state index contributed by atoms with van der Waals surface area (Å²) in [5.41, 5.74) is 1.32. The molecular weight excluding hydrogens is 421 g/mol. The fourth-order valence-electron chi connectivity index (χ4n) is 4.09. The standard InChI is InChI=1S/C22H24FN3O4S/c1-2-31(29,30)19-9-7-17(8-10-19)24-11-13-25(14-12-24)20-15-21(27)26(22(20)28)18-5-3-16(23)4-6-18/h3-10,20H,2,11-15H2,1H3/t20-/m1/s1. The van der Waals surface area contributed by atoms with Crippen LogP contribution in [0.25, 0.3) is 0 Å². The molecule has 0 aromatic heterocycles. The van der Waals surface area contributed by atoms with E-state index < -0.39 is 21.7 Å². The molecule has 0 spiro atoms. The van der Waals surface area contributed by atoms with Gasteiger partial charge in [-0.1, -0.05) is 6.92 Å². The van der Waals surface area contributed by atoms with E-state index in [-0.39, 0.29) is 24.0 Å². The molecule has 2 fully saturated rings. The van der Waals surface area contributed by atoms with Gasteiger partial charge in [0, 0.05) is 31.9 Å². The van der Waals surface area contributed by atoms with Crippen molar-refractivity contribution in [1.82, 2.24) is 4.90 Å². The number of rotatable bonds is 5. The molecule has 2 aliphatic heterocycles. The van der Waals surface area contributed by atoms with Gasteiger partial charge in [0.25, 0.3) is 5.91 Å². The number of anilines is 2. The van der Waals surface area contributed by atoms with Crippen LogP contribution in [0.5, 0.6) is 0 Å². The number of benzene rings is 2. The minimum absolute atomic E-state index is 0.0636. The molecule has 2 aliphatic rings. The summed E-state index contributed by atoms with van der Waals surface area (Å²) in [5.74, 6) is -0.916. The molecule has 164 valence electrons. The zero-order valence-corrected chi connectivity index (χ0v) is 18.0. The lowest BCUT2D eigenvalue weighted by atomic mass is 10.1. The first-order valence-corrected chi connectivity index (χ1v) is 11.9. The van der Waals surface area contributed by atoms with Gasteiger partial charge < -0.3 is 4.90 Å². The van der Waals surface area contributed by atoms with Crippen LogP contribution >= 0.6 is 0 Å². The summed E-state index contributed by atoms with van der Waals surface area (Å²) in [7, 11) is -3.23. The molecule has 1 atom stereocenters. The van der Waals surface area contributed by atoms with Crippen molar-refractivity contribution in [1.29, 1.82) is 0 Å². The van der Waals surface area contributed by atoms with E-state index >= 15 is 0 Å². The number of carbonyl (C=O) groups is 2. The second-order valence-electron chi connectivity index (χ2n) is 7.68. The van der Waals surface area contributed by atoms with Crippen LogP contribution in [0.1, 0.15) is 13.3 Å². The van der Waals surface area contributed by atoms with Crippen LogP contribution in [0, 0.1) is 5.82 Å². The highest BCUT2D eigenvalue weighted by Crippen LogP contribution is 2.27. The molecule has 0 N–H and O–H groups in total. The highest BCUT2D eigenvalue weighted by atomic mass is 32.2. The summed E-state index contributed by atoms with van der Waals surface area (Å²) in [5, 5.41) is 0. The second kappa shape index (κ2) is 8.39. The Morgan fingerprint density at radius 1 is 0.903 bits per heavy atom. The van der Waals surface area contributed by atoms with Crippen LogP contribution in [0.3, 0.4) is 0 Å². The van der Waals surface area contributed by atoms with Crippen molar-refractivity contribution in [2.45, 2.75) is 24.3 Å². The zero-order chi connectivity index (χ0) is 22.2. The van der Waals surface area contributed by atoms with Crippen LogP contribution < -0.4 is 9.80 Å². The molecular formula is C22H24FN3O4S. The van der Waals surface area contributed by atoms with Crippen LogP contribution in [0.2, 0.25) is 0 Å². The Bertz CT molecular complexity index is 1080. The first-order chi connectivity index (χ1) is 14.8. The van der Waals surface area contributed by atoms with Crippen molar-refractivity contribution in [2.24, 2.45) is 0 Å². The van der Waals surface area contributed by atoms with Gasteiger partial charge in [-0.3, -0.25) is 14.5 Å². The molecule has 9 heteroatoms. The van der Waals surface area contributed by atoms with Crippen molar-refractivity contribution < 1.29 is 22.4 Å². The van der Waals surface area contributed by atoms with Crippen molar-refractivity contribution >= 4 is 33.0 Å². The summed E-state index contributed by atoms with van der Waals surface area (Å²) in [6, 6.07) is 11.7. The number of piperazine rings is 1. The van der Waals surface area contributed by atoms with Gasteiger partial charge in [-0.25, -0.2) is 17.7 Å². The van der Waals surface area contributed by atoms with E-state index in [1.54, 1.807) is 31.2 Å². The lowest BCUT2D eigenvalue weighted by molar-refractivity contribution is -0.123. The Hall–Kier alpha value is -2.78. The van der Waals surface area contributed by atoms with E-state index in [1.807, 2.05) is 4.90 Å². The average molecular weight is 446 g/mol. The van der Waals surface area contributed by atoms with Gasteiger partial charge >= 0.3 is 0 Å². The maximum absolute atomic E-state index is 13.2. The molecule has 2 aromatic rings. The van der Waals surface area contributed by atoms with E-state index in [2.05, 4.69) is 4.90 Å². The number of carbonyl (C=O) groups excluding carboxylic acids is 2. The first-order valence-electron chi connectivity index (χ1n) is 10.2. The summed E-state index contributed by atoms with van der Waals surface area (Å²) in [4.78, 5) is 31.0. The van der Waals surface area contributed by atoms with E-state index in [0.29, 0.717) is 36.8 Å². The summed E-state index contributed by atoms with van der Waals surface area (Å²) in [6.07, 6.45) is 0.111. The summed E-state index contributed by atoms with van der Waals surface area (Å²) in [6.45, 7) is 4.16. The van der Waals surface area contributed by atoms with Gasteiger partial charge in [0.05, 0.1) is 28.8 Å². The summed E-state index contributed by atoms with van der Waals surface area (Å²) >= 11 is 0. The first kappa shape index (κ1) is 21.5. The number of hydrogen-bond acceptors (Lipinski definition) is 6. The third-order valence-electron chi connectivity index (χ3n) is 5.90. The van der Waals surface area contributed by atoms with Gasteiger partial charge in [0.1, 0.15) is 5.82 Å². The van der Waals surface area contributed by atoms with Crippen molar-refractivity contribution in [3.63, 3.8) is 0 Å². The maximum atomic E-state index is 13.2. The number of imide groups is 1. The van der Waals surface area contributed by atoms with Crippen LogP contribution in [-0.4, -0.2) is 63.1 Å². The third-order valence-corrected chi connectivity index (χ3v) is 7.65. The van der Waals surface area contributed by atoms with Crippen molar-refractivity contribution in [2.75, 3.05) is 41.7 Å². The molecule has 0 radical (unpaired) electrons. The molecule has 2 aromatic carbocycles. The van der Waals surface area contributed by atoms with Gasteiger partial charge in [-0.15, -0.1) is 0 Å². The van der Waals surface area contributed by atoms with Crippen molar-refractivity contribution in [3.8, 4) is 0 Å². The average Bonchev–Trinajstić information content (AvgIpc) is 3.08. The lowest BCUT2D eigenvalue weighted by Crippen LogP contribution is -2.52. The molecule has 2 heterocycles. The Balaban J connectivity index is 1.40. The highest BCUT2D eigenvalue weighted by Gasteiger charge is 2.43. The number of nitrogens with zero attached hydrogens (tertiary/aromatic N) is 3. The fourth-order valence-corrected chi connectivity index (χ4v) is 4.97. The Kier molecular flexibility index (Phi) is 5.81. The normalized spacial score (nSPS) is 20.5. The molecule has 4 rings (SSSR count). The molecule has 0 saturated carbocycles. The zero-order valence-electron chi connectivity index (χ0n) is 17.2. The number of halogens is 1. The second-order valence-corrected chi connectivity index (χ2v) is 9.96. The van der Waals surface area contributed by atoms with Gasteiger partial charge in [0.2, 0.25) is 5.91 Å². The third kappa shape index (κ3) is 4.20. The minimum Gasteiger partial charge on any atom is -0.369 e. The fraction of sp³-hybridized carbons (Fsp3) is 0.364. The molecule has 0 aliphatic carbocycles. The van der Waals surface area contributed by atoms with Crippen LogP contribution in [0.4, 0.5) is 15.8 Å². The Morgan fingerprint density at radius 3 is 2.06 bits per heavy atom. The van der Waals surface area contributed by atoms with E-state index in [4.69, 9.17) is 0 Å². The largest absolute Gasteiger partial charge is 0.369 e. The highest BCUT2D eigenvalue weighted by molar-refractivity contribution is 7.91. The van der Waals surface area contributed by atoms with Gasteiger partial charge in [-0.05, 0) is 48.5 Å². The molecule has 2 amide bonds. The van der Waals surface area contributed by atoms with Gasteiger partial charge in [0.15, 0.2) is 9.84 Å². The lowest BCUT2D eigenvalue weighted by Gasteiger charge is -2.38. The van der Waals surface area contributed by atoms with E-state index in [0.717, 1.165) is 10.6 Å². The number of sulfone groups is 1. The van der Waals surface area contributed by atoms with Crippen LogP contribution in [0.15, 0.2) is 53.4 Å². The minimum atomic E-state index is -3.23. The van der Waals surface area contributed by atoms with Crippen LogP contribution in [-0.2, 0) is 19.4 Å². The molecule has 2 saturated heterocycles. The van der Waals surface area contributed by atoms with Gasteiger partial charge in [-0.2, -0.15) is 0 Å². The number of amides is 2. The monoisotopic (exact) mass is 445 g/mol. The topological polar surface area (TPSA) is 78.0 Å². The smallest absolute Gasteiger partial charge is 0.251 e. The quantitative estimate of drug-likeness (QED) is 0.656.